The number of carbonyl (C=O) groups excluding carboxylic acids is 2. The first-order chi connectivity index (χ1) is 16.0. The van der Waals surface area contributed by atoms with Crippen molar-refractivity contribution in [1.29, 1.82) is 0 Å². The van der Waals surface area contributed by atoms with E-state index in [-0.39, 0.29) is 18.3 Å². The lowest BCUT2D eigenvalue weighted by atomic mass is 10.1. The molecule has 0 bridgehead atoms. The van der Waals surface area contributed by atoms with Crippen LogP contribution >= 0.6 is 11.3 Å². The van der Waals surface area contributed by atoms with Crippen molar-refractivity contribution in [3.63, 3.8) is 0 Å². The lowest BCUT2D eigenvalue weighted by Crippen LogP contribution is -2.14. The summed E-state index contributed by atoms with van der Waals surface area (Å²) in [6, 6.07) is 7.45. The number of hydrogen-bond donors (Lipinski definition) is 1. The Balaban J connectivity index is 1.50. The van der Waals surface area contributed by atoms with Crippen LogP contribution < -0.4 is 5.32 Å². The van der Waals surface area contributed by atoms with Gasteiger partial charge in [-0.3, -0.25) is 14.9 Å². The Bertz CT molecular complexity index is 1340. The van der Waals surface area contributed by atoms with Gasteiger partial charge in [0.05, 0.1) is 35.4 Å². The van der Waals surface area contributed by atoms with Gasteiger partial charge in [-0.1, -0.05) is 6.07 Å². The van der Waals surface area contributed by atoms with Gasteiger partial charge in [-0.05, 0) is 44.9 Å². The molecule has 1 amide bonds. The van der Waals surface area contributed by atoms with E-state index in [4.69, 9.17) is 9.72 Å². The molecule has 168 valence electrons. The number of esters is 1. The van der Waals surface area contributed by atoms with Crippen LogP contribution in [0.15, 0.2) is 35.8 Å². The van der Waals surface area contributed by atoms with Crippen molar-refractivity contribution in [3.8, 4) is 5.82 Å². The van der Waals surface area contributed by atoms with Crippen LogP contribution in [0, 0.1) is 6.92 Å². The number of amides is 1. The van der Waals surface area contributed by atoms with Gasteiger partial charge in [-0.25, -0.2) is 15.0 Å². The van der Waals surface area contributed by atoms with Gasteiger partial charge in [0.15, 0.2) is 16.6 Å². The molecule has 1 aliphatic carbocycles. The van der Waals surface area contributed by atoms with E-state index in [0.717, 1.165) is 18.5 Å². The SMILES string of the molecule is CCOC(=O)Cc1csc(NC(=O)c2cc(C3CC3)nc3c2c(C)nn3-c2ccccn2)n1. The number of fused-ring (bicyclic) bond motifs is 1. The number of aromatic nitrogens is 5. The van der Waals surface area contributed by atoms with Crippen LogP contribution in [0.5, 0.6) is 0 Å². The first-order valence-corrected chi connectivity index (χ1v) is 11.6. The molecule has 33 heavy (non-hydrogen) atoms. The second-order valence-electron chi connectivity index (χ2n) is 7.83. The number of aryl methyl sites for hydroxylation is 1. The van der Waals surface area contributed by atoms with Crippen LogP contribution in [0.25, 0.3) is 16.9 Å². The molecule has 4 aromatic rings. The maximum atomic E-state index is 13.3. The van der Waals surface area contributed by atoms with Gasteiger partial charge < -0.3 is 4.74 Å². The minimum atomic E-state index is -0.344. The Kier molecular flexibility index (Phi) is 5.59. The fourth-order valence-corrected chi connectivity index (χ4v) is 4.39. The molecule has 5 rings (SSSR count). The number of hydrogen-bond acceptors (Lipinski definition) is 8. The highest BCUT2D eigenvalue weighted by Gasteiger charge is 2.29. The fourth-order valence-electron chi connectivity index (χ4n) is 3.68. The zero-order valence-corrected chi connectivity index (χ0v) is 19.1. The molecule has 0 spiro atoms. The highest BCUT2D eigenvalue weighted by molar-refractivity contribution is 7.14. The predicted molar refractivity (Wildman–Crippen MR) is 124 cm³/mol. The average Bonchev–Trinajstić information content (AvgIpc) is 3.49. The molecule has 0 saturated heterocycles. The molecular formula is C23H22N6O3S. The molecule has 0 aliphatic heterocycles. The first kappa shape index (κ1) is 21.2. The molecule has 4 aromatic heterocycles. The van der Waals surface area contributed by atoms with Crippen LogP contribution in [-0.2, 0) is 16.0 Å². The molecule has 1 aliphatic rings. The molecule has 1 fully saturated rings. The molecule has 0 atom stereocenters. The minimum Gasteiger partial charge on any atom is -0.466 e. The smallest absolute Gasteiger partial charge is 0.311 e. The Labute approximate surface area is 193 Å². The summed E-state index contributed by atoms with van der Waals surface area (Å²) in [6.07, 6.45) is 3.88. The van der Waals surface area contributed by atoms with Crippen LogP contribution in [0.1, 0.15) is 53.1 Å². The standard InChI is InChI=1S/C23H22N6O3S/c1-3-32-19(30)10-15-12-33-23(25-15)27-22(31)16-11-17(14-7-8-14)26-21-20(16)13(2)28-29(21)18-6-4-5-9-24-18/h4-6,9,11-12,14H,3,7-8,10H2,1-2H3,(H,25,27,31). The number of ether oxygens (including phenoxy) is 1. The van der Waals surface area contributed by atoms with Crippen LogP contribution in [0.4, 0.5) is 5.13 Å². The van der Waals surface area contributed by atoms with Crippen LogP contribution in [0.3, 0.4) is 0 Å². The van der Waals surface area contributed by atoms with Gasteiger partial charge in [-0.15, -0.1) is 11.3 Å². The number of thiazole rings is 1. The average molecular weight is 463 g/mol. The summed E-state index contributed by atoms with van der Waals surface area (Å²) in [5, 5.41) is 10.4. The van der Waals surface area contributed by atoms with Gasteiger partial charge in [0, 0.05) is 23.2 Å². The zero-order valence-electron chi connectivity index (χ0n) is 18.2. The van der Waals surface area contributed by atoms with E-state index in [1.54, 1.807) is 23.2 Å². The molecule has 4 heterocycles. The van der Waals surface area contributed by atoms with Crippen molar-refractivity contribution in [3.05, 3.63) is 58.5 Å². The summed E-state index contributed by atoms with van der Waals surface area (Å²) in [4.78, 5) is 38.7. The largest absolute Gasteiger partial charge is 0.466 e. The van der Waals surface area contributed by atoms with Crippen molar-refractivity contribution in [1.82, 2.24) is 24.7 Å². The number of nitrogens with zero attached hydrogens (tertiary/aromatic N) is 5. The Hall–Kier alpha value is -3.66. The van der Waals surface area contributed by atoms with Gasteiger partial charge in [-0.2, -0.15) is 9.78 Å². The molecular weight excluding hydrogens is 440 g/mol. The predicted octanol–water partition coefficient (Wildman–Crippen LogP) is 3.82. The van der Waals surface area contributed by atoms with E-state index in [9.17, 15) is 9.59 Å². The zero-order chi connectivity index (χ0) is 22.9. The van der Waals surface area contributed by atoms with Gasteiger partial charge >= 0.3 is 5.97 Å². The highest BCUT2D eigenvalue weighted by atomic mass is 32.1. The molecule has 1 N–H and O–H groups in total. The summed E-state index contributed by atoms with van der Waals surface area (Å²) in [6.45, 7) is 3.94. The first-order valence-electron chi connectivity index (χ1n) is 10.8. The Morgan fingerprint density at radius 1 is 1.27 bits per heavy atom. The van der Waals surface area contributed by atoms with E-state index >= 15 is 0 Å². The molecule has 9 nitrogen and oxygen atoms in total. The van der Waals surface area contributed by atoms with Crippen molar-refractivity contribution in [2.45, 2.75) is 39.0 Å². The van der Waals surface area contributed by atoms with E-state index in [1.807, 2.05) is 31.2 Å². The van der Waals surface area contributed by atoms with Crippen molar-refractivity contribution in [2.24, 2.45) is 0 Å². The second kappa shape index (κ2) is 8.70. The highest BCUT2D eigenvalue weighted by Crippen LogP contribution is 2.40. The monoisotopic (exact) mass is 462 g/mol. The Morgan fingerprint density at radius 3 is 2.85 bits per heavy atom. The fraction of sp³-hybridized carbons (Fsp3) is 0.304. The van der Waals surface area contributed by atoms with Gasteiger partial charge in [0.2, 0.25) is 0 Å². The molecule has 0 unspecified atom stereocenters. The van der Waals surface area contributed by atoms with Crippen molar-refractivity contribution in [2.75, 3.05) is 11.9 Å². The summed E-state index contributed by atoms with van der Waals surface area (Å²) in [5.41, 5.74) is 3.25. The maximum Gasteiger partial charge on any atom is 0.311 e. The number of nitrogens with one attached hydrogen (secondary N) is 1. The summed E-state index contributed by atoms with van der Waals surface area (Å²) in [7, 11) is 0. The van der Waals surface area contributed by atoms with Crippen LogP contribution in [0.2, 0.25) is 0 Å². The normalized spacial score (nSPS) is 13.3. The van der Waals surface area contributed by atoms with Gasteiger partial charge in [0.1, 0.15) is 0 Å². The quantitative estimate of drug-likeness (QED) is 0.416. The van der Waals surface area contributed by atoms with Gasteiger partial charge in [0.25, 0.3) is 5.91 Å². The molecule has 0 radical (unpaired) electrons. The number of pyridine rings is 2. The molecule has 1 saturated carbocycles. The van der Waals surface area contributed by atoms with Crippen LogP contribution in [-0.4, -0.2) is 43.2 Å². The van der Waals surface area contributed by atoms with Crippen molar-refractivity contribution >= 4 is 39.4 Å². The third-order valence-corrected chi connectivity index (χ3v) is 6.15. The minimum absolute atomic E-state index is 0.0709. The number of carbonyl (C=O) groups is 2. The number of rotatable bonds is 7. The Morgan fingerprint density at radius 2 is 2.12 bits per heavy atom. The topological polar surface area (TPSA) is 112 Å². The van der Waals surface area contributed by atoms with E-state index in [2.05, 4.69) is 20.4 Å². The summed E-state index contributed by atoms with van der Waals surface area (Å²) in [5.74, 6) is 0.364. The molecule has 10 heteroatoms. The molecule has 0 aromatic carbocycles. The van der Waals surface area contributed by atoms with E-state index in [0.29, 0.717) is 51.5 Å². The van der Waals surface area contributed by atoms with E-state index < -0.39 is 0 Å². The third-order valence-electron chi connectivity index (χ3n) is 5.34. The maximum absolute atomic E-state index is 13.3. The lowest BCUT2D eigenvalue weighted by molar-refractivity contribution is -0.142. The van der Waals surface area contributed by atoms with E-state index in [1.165, 1.54) is 11.3 Å². The van der Waals surface area contributed by atoms with Crippen molar-refractivity contribution < 1.29 is 14.3 Å². The number of anilines is 1. The lowest BCUT2D eigenvalue weighted by Gasteiger charge is -2.08. The summed E-state index contributed by atoms with van der Waals surface area (Å²) >= 11 is 1.27. The second-order valence-corrected chi connectivity index (χ2v) is 8.69. The summed E-state index contributed by atoms with van der Waals surface area (Å²) < 4.78 is 6.65. The third kappa shape index (κ3) is 4.34.